The van der Waals surface area contributed by atoms with Gasteiger partial charge in [0.25, 0.3) is 0 Å². The molecule has 108 valence electrons. The molecule has 0 aliphatic carbocycles. The monoisotopic (exact) mass is 280 g/mol. The minimum absolute atomic E-state index is 0.115. The van der Waals surface area contributed by atoms with Crippen molar-refractivity contribution in [2.45, 2.75) is 6.42 Å². The Morgan fingerprint density at radius 1 is 1.55 bits per heavy atom. The summed E-state index contributed by atoms with van der Waals surface area (Å²) < 4.78 is 13.2. The van der Waals surface area contributed by atoms with E-state index in [1.165, 1.54) is 28.0 Å². The SMILES string of the molecule is CN(CCO)C(=O)C1CC(=O)N(c2cccc(F)c2)C1. The maximum absolute atomic E-state index is 13.2. The van der Waals surface area contributed by atoms with Crippen molar-refractivity contribution < 1.29 is 19.1 Å². The molecular weight excluding hydrogens is 263 g/mol. The van der Waals surface area contributed by atoms with Crippen LogP contribution in [0.15, 0.2) is 24.3 Å². The number of hydrogen-bond donors (Lipinski definition) is 1. The lowest BCUT2D eigenvalue weighted by molar-refractivity contribution is -0.134. The molecule has 0 aromatic heterocycles. The fourth-order valence-electron chi connectivity index (χ4n) is 2.34. The number of carbonyl (C=O) groups excluding carboxylic acids is 2. The van der Waals surface area contributed by atoms with E-state index in [2.05, 4.69) is 0 Å². The highest BCUT2D eigenvalue weighted by Gasteiger charge is 2.36. The van der Waals surface area contributed by atoms with Gasteiger partial charge in [0.1, 0.15) is 5.82 Å². The first-order valence-corrected chi connectivity index (χ1v) is 6.44. The molecule has 1 saturated heterocycles. The lowest BCUT2D eigenvalue weighted by atomic mass is 10.1. The second-order valence-electron chi connectivity index (χ2n) is 4.87. The van der Waals surface area contributed by atoms with Gasteiger partial charge in [0.05, 0.1) is 12.5 Å². The molecule has 1 aliphatic rings. The molecule has 0 spiro atoms. The molecule has 6 heteroatoms. The molecular formula is C14H17FN2O3. The normalized spacial score (nSPS) is 18.4. The number of carbonyl (C=O) groups is 2. The van der Waals surface area contributed by atoms with Crippen LogP contribution in [0.25, 0.3) is 0 Å². The van der Waals surface area contributed by atoms with E-state index < -0.39 is 11.7 Å². The summed E-state index contributed by atoms with van der Waals surface area (Å²) in [5.41, 5.74) is 0.468. The van der Waals surface area contributed by atoms with Crippen LogP contribution in [0.2, 0.25) is 0 Å². The highest BCUT2D eigenvalue weighted by molar-refractivity contribution is 6.00. The van der Waals surface area contributed by atoms with E-state index in [1.807, 2.05) is 0 Å². The minimum atomic E-state index is -0.442. The third-order valence-corrected chi connectivity index (χ3v) is 3.41. The van der Waals surface area contributed by atoms with Crippen LogP contribution in [0.5, 0.6) is 0 Å². The highest BCUT2D eigenvalue weighted by Crippen LogP contribution is 2.26. The van der Waals surface area contributed by atoms with Crippen LogP contribution >= 0.6 is 0 Å². The van der Waals surface area contributed by atoms with Crippen molar-refractivity contribution >= 4 is 17.5 Å². The van der Waals surface area contributed by atoms with Gasteiger partial charge in [-0.05, 0) is 18.2 Å². The molecule has 2 amide bonds. The van der Waals surface area contributed by atoms with Crippen molar-refractivity contribution in [3.05, 3.63) is 30.1 Å². The molecule has 1 fully saturated rings. The van der Waals surface area contributed by atoms with Crippen LogP contribution in [0.4, 0.5) is 10.1 Å². The molecule has 1 aliphatic heterocycles. The average molecular weight is 280 g/mol. The molecule has 20 heavy (non-hydrogen) atoms. The van der Waals surface area contributed by atoms with E-state index in [4.69, 9.17) is 5.11 Å². The zero-order valence-corrected chi connectivity index (χ0v) is 11.3. The Balaban J connectivity index is 2.09. The third-order valence-electron chi connectivity index (χ3n) is 3.41. The maximum Gasteiger partial charge on any atom is 0.227 e. The van der Waals surface area contributed by atoms with E-state index in [0.29, 0.717) is 5.69 Å². The maximum atomic E-state index is 13.2. The van der Waals surface area contributed by atoms with E-state index in [0.717, 1.165) is 0 Å². The number of anilines is 1. The predicted octanol–water partition coefficient (Wildman–Crippen LogP) is 0.629. The molecule has 2 rings (SSSR count). The largest absolute Gasteiger partial charge is 0.395 e. The molecule has 0 radical (unpaired) electrons. The Bertz CT molecular complexity index is 521. The number of benzene rings is 1. The number of amides is 2. The van der Waals surface area contributed by atoms with Crippen molar-refractivity contribution in [2.75, 3.05) is 31.6 Å². The van der Waals surface area contributed by atoms with E-state index in [9.17, 15) is 14.0 Å². The summed E-state index contributed by atoms with van der Waals surface area (Å²) in [5, 5.41) is 8.83. The van der Waals surface area contributed by atoms with Gasteiger partial charge in [-0.3, -0.25) is 9.59 Å². The van der Waals surface area contributed by atoms with Crippen molar-refractivity contribution in [3.8, 4) is 0 Å². The predicted molar refractivity (Wildman–Crippen MR) is 71.6 cm³/mol. The number of nitrogens with zero attached hydrogens (tertiary/aromatic N) is 2. The smallest absolute Gasteiger partial charge is 0.227 e. The summed E-state index contributed by atoms with van der Waals surface area (Å²) in [7, 11) is 1.59. The van der Waals surface area contributed by atoms with E-state index in [-0.39, 0.29) is 37.9 Å². The molecule has 1 aromatic carbocycles. The van der Waals surface area contributed by atoms with Gasteiger partial charge in [-0.2, -0.15) is 0 Å². The molecule has 1 N–H and O–H groups in total. The molecule has 5 nitrogen and oxygen atoms in total. The molecule has 1 unspecified atom stereocenters. The quantitative estimate of drug-likeness (QED) is 0.880. The van der Waals surface area contributed by atoms with Gasteiger partial charge in [0.2, 0.25) is 11.8 Å². The fourth-order valence-corrected chi connectivity index (χ4v) is 2.34. The first kappa shape index (κ1) is 14.5. The van der Waals surface area contributed by atoms with Gasteiger partial charge in [0, 0.05) is 32.2 Å². The van der Waals surface area contributed by atoms with Crippen molar-refractivity contribution in [1.29, 1.82) is 0 Å². The summed E-state index contributed by atoms with van der Waals surface area (Å²) in [6, 6.07) is 5.76. The van der Waals surface area contributed by atoms with Crippen LogP contribution in [-0.4, -0.2) is 48.6 Å². The number of aliphatic hydroxyl groups excluding tert-OH is 1. The van der Waals surface area contributed by atoms with Crippen LogP contribution < -0.4 is 4.90 Å². The van der Waals surface area contributed by atoms with E-state index in [1.54, 1.807) is 13.1 Å². The summed E-state index contributed by atoms with van der Waals surface area (Å²) in [5.74, 6) is -1.22. The Labute approximate surface area is 116 Å². The third kappa shape index (κ3) is 2.96. The topological polar surface area (TPSA) is 60.9 Å². The van der Waals surface area contributed by atoms with Crippen LogP contribution in [0.3, 0.4) is 0 Å². The summed E-state index contributed by atoms with van der Waals surface area (Å²) in [4.78, 5) is 26.9. The van der Waals surface area contributed by atoms with Gasteiger partial charge in [0.15, 0.2) is 0 Å². The van der Waals surface area contributed by atoms with E-state index >= 15 is 0 Å². The zero-order chi connectivity index (χ0) is 14.7. The molecule has 0 bridgehead atoms. The van der Waals surface area contributed by atoms with Crippen LogP contribution in [0.1, 0.15) is 6.42 Å². The molecule has 1 atom stereocenters. The second-order valence-corrected chi connectivity index (χ2v) is 4.87. The van der Waals surface area contributed by atoms with Crippen molar-refractivity contribution in [1.82, 2.24) is 4.90 Å². The lowest BCUT2D eigenvalue weighted by Crippen LogP contribution is -2.36. The number of aliphatic hydroxyl groups is 1. The minimum Gasteiger partial charge on any atom is -0.395 e. The first-order chi connectivity index (χ1) is 9.52. The summed E-state index contributed by atoms with van der Waals surface area (Å²) in [6.45, 7) is 0.372. The van der Waals surface area contributed by atoms with Gasteiger partial charge >= 0.3 is 0 Å². The lowest BCUT2D eigenvalue weighted by Gasteiger charge is -2.20. The molecule has 1 aromatic rings. The van der Waals surface area contributed by atoms with Crippen LogP contribution in [-0.2, 0) is 9.59 Å². The highest BCUT2D eigenvalue weighted by atomic mass is 19.1. The first-order valence-electron chi connectivity index (χ1n) is 6.44. The second kappa shape index (κ2) is 6.00. The van der Waals surface area contributed by atoms with Crippen LogP contribution in [0, 0.1) is 11.7 Å². The van der Waals surface area contributed by atoms with Gasteiger partial charge < -0.3 is 14.9 Å². The number of halogens is 1. The number of rotatable bonds is 4. The Hall–Kier alpha value is -1.95. The molecule has 0 saturated carbocycles. The van der Waals surface area contributed by atoms with Crippen molar-refractivity contribution in [2.24, 2.45) is 5.92 Å². The Kier molecular flexibility index (Phi) is 4.34. The number of hydrogen-bond acceptors (Lipinski definition) is 3. The number of likely N-dealkylation sites (N-methyl/N-ethyl adjacent to an activating group) is 1. The van der Waals surface area contributed by atoms with Crippen molar-refractivity contribution in [3.63, 3.8) is 0 Å². The van der Waals surface area contributed by atoms with Gasteiger partial charge in [-0.25, -0.2) is 4.39 Å². The zero-order valence-electron chi connectivity index (χ0n) is 11.3. The fraction of sp³-hybridized carbons (Fsp3) is 0.429. The Morgan fingerprint density at radius 2 is 2.30 bits per heavy atom. The standard InChI is InChI=1S/C14H17FN2O3/c1-16(5-6-18)14(20)10-7-13(19)17(9-10)12-4-2-3-11(15)8-12/h2-4,8,10,18H,5-7,9H2,1H3. The van der Waals surface area contributed by atoms with Gasteiger partial charge in [-0.1, -0.05) is 6.07 Å². The average Bonchev–Trinajstić information content (AvgIpc) is 2.80. The Morgan fingerprint density at radius 3 is 2.95 bits per heavy atom. The summed E-state index contributed by atoms with van der Waals surface area (Å²) >= 11 is 0. The summed E-state index contributed by atoms with van der Waals surface area (Å²) in [6.07, 6.45) is 0.116. The molecule has 1 heterocycles. The van der Waals surface area contributed by atoms with Gasteiger partial charge in [-0.15, -0.1) is 0 Å².